The number of sulfone groups is 1. The first kappa shape index (κ1) is 18.4. The summed E-state index contributed by atoms with van der Waals surface area (Å²) >= 11 is 0. The van der Waals surface area contributed by atoms with Gasteiger partial charge >= 0.3 is 0 Å². The molecule has 0 bridgehead atoms. The number of ether oxygens (including phenoxy) is 1. The summed E-state index contributed by atoms with van der Waals surface area (Å²) in [6.07, 6.45) is 4.70. The minimum atomic E-state index is -3.20. The molecule has 4 rings (SSSR count). The third-order valence-electron chi connectivity index (χ3n) is 5.36. The number of nitrogens with one attached hydrogen (secondary N) is 1. The summed E-state index contributed by atoms with van der Waals surface area (Å²) in [6.45, 7) is 2.16. The molecule has 0 amide bonds. The van der Waals surface area contributed by atoms with Gasteiger partial charge < -0.3 is 10.1 Å². The summed E-state index contributed by atoms with van der Waals surface area (Å²) in [5.74, 6) is 0.341. The van der Waals surface area contributed by atoms with Crippen LogP contribution in [0, 0.1) is 5.82 Å². The van der Waals surface area contributed by atoms with Crippen LogP contribution >= 0.6 is 0 Å². The van der Waals surface area contributed by atoms with Gasteiger partial charge in [0.2, 0.25) is 0 Å². The van der Waals surface area contributed by atoms with Gasteiger partial charge in [0.25, 0.3) is 0 Å². The first-order valence-corrected chi connectivity index (χ1v) is 11.3. The predicted octanol–water partition coefficient (Wildman–Crippen LogP) is 2.56. The Morgan fingerprint density at radius 1 is 1.30 bits per heavy atom. The number of hydrogen-bond donors (Lipinski definition) is 1. The van der Waals surface area contributed by atoms with Gasteiger partial charge in [-0.2, -0.15) is 0 Å². The maximum atomic E-state index is 14.9. The summed E-state index contributed by atoms with van der Waals surface area (Å²) in [5, 5.41) is 3.35. The number of rotatable bonds is 4. The summed E-state index contributed by atoms with van der Waals surface area (Å²) in [6, 6.07) is 6.78. The lowest BCUT2D eigenvalue weighted by Gasteiger charge is -2.33. The zero-order valence-corrected chi connectivity index (χ0v) is 16.1. The van der Waals surface area contributed by atoms with Gasteiger partial charge in [0.05, 0.1) is 18.1 Å². The fourth-order valence-electron chi connectivity index (χ4n) is 4.17. The molecule has 1 aromatic heterocycles. The molecular weight excluding hydrogens is 367 g/mol. The number of pyridine rings is 1. The largest absolute Gasteiger partial charge is 0.491 e. The predicted molar refractivity (Wildman–Crippen MR) is 101 cm³/mol. The molecule has 144 valence electrons. The van der Waals surface area contributed by atoms with Crippen LogP contribution in [-0.4, -0.2) is 39.4 Å². The molecule has 0 spiro atoms. The van der Waals surface area contributed by atoms with E-state index in [4.69, 9.17) is 4.74 Å². The molecule has 1 aromatic carbocycles. The van der Waals surface area contributed by atoms with Crippen molar-refractivity contribution < 1.29 is 17.5 Å². The number of hydrogen-bond acceptors (Lipinski definition) is 5. The van der Waals surface area contributed by atoms with Gasteiger partial charge in [-0.3, -0.25) is 4.98 Å². The lowest BCUT2D eigenvalue weighted by Crippen LogP contribution is -2.35. The van der Waals surface area contributed by atoms with Crippen LogP contribution in [0.3, 0.4) is 0 Å². The number of halogens is 1. The average molecular weight is 390 g/mol. The van der Waals surface area contributed by atoms with E-state index in [1.807, 2.05) is 12.3 Å². The van der Waals surface area contributed by atoms with Crippen LogP contribution in [-0.2, 0) is 22.0 Å². The molecule has 7 heteroatoms. The summed E-state index contributed by atoms with van der Waals surface area (Å²) in [4.78, 5) is 4.59. The smallest absolute Gasteiger partial charge is 0.151 e. The molecule has 1 fully saturated rings. The third kappa shape index (κ3) is 3.84. The van der Waals surface area contributed by atoms with E-state index in [0.717, 1.165) is 37.1 Å². The molecule has 2 aliphatic heterocycles. The van der Waals surface area contributed by atoms with Crippen LogP contribution in [0.15, 0.2) is 30.5 Å². The van der Waals surface area contributed by atoms with Gasteiger partial charge in [-0.05, 0) is 36.2 Å². The Hall–Kier alpha value is -1.99. The van der Waals surface area contributed by atoms with Crippen LogP contribution in [0.4, 0.5) is 4.39 Å². The highest BCUT2D eigenvalue weighted by molar-refractivity contribution is 7.89. The van der Waals surface area contributed by atoms with E-state index in [1.165, 1.54) is 11.6 Å². The number of benzene rings is 1. The second-order valence-corrected chi connectivity index (χ2v) is 9.55. The van der Waals surface area contributed by atoms with Crippen LogP contribution in [0.25, 0.3) is 0 Å². The first-order valence-electron chi connectivity index (χ1n) is 9.20. The SMILES string of the molecule is CS(=O)(=O)Cc1ccc(C2CNCCC2c2nccc3c2OCC3)c(F)c1. The highest BCUT2D eigenvalue weighted by atomic mass is 32.2. The average Bonchev–Trinajstić information content (AvgIpc) is 3.09. The lowest BCUT2D eigenvalue weighted by molar-refractivity contribution is 0.333. The summed E-state index contributed by atoms with van der Waals surface area (Å²) in [5.41, 5.74) is 3.15. The standard InChI is InChI=1S/C20H23FN2O3S/c1-27(24,25)12-13-2-3-15(18(21)10-13)17-11-22-7-5-16(17)19-20-14(4-8-23-19)6-9-26-20/h2-4,8,10,16-17,22H,5-7,9,11-12H2,1H3. The maximum absolute atomic E-state index is 14.9. The lowest BCUT2D eigenvalue weighted by atomic mass is 9.78. The van der Waals surface area contributed by atoms with Crippen LogP contribution in [0.5, 0.6) is 5.75 Å². The topological polar surface area (TPSA) is 68.3 Å². The van der Waals surface area contributed by atoms with Crippen molar-refractivity contribution in [3.05, 3.63) is 58.7 Å². The Balaban J connectivity index is 1.68. The molecule has 2 atom stereocenters. The van der Waals surface area contributed by atoms with Gasteiger partial charge in [-0.25, -0.2) is 12.8 Å². The number of aromatic nitrogens is 1. The fourth-order valence-corrected chi connectivity index (χ4v) is 4.96. The van der Waals surface area contributed by atoms with Gasteiger partial charge in [-0.1, -0.05) is 12.1 Å². The second kappa shape index (κ2) is 7.20. The molecule has 5 nitrogen and oxygen atoms in total. The minimum Gasteiger partial charge on any atom is -0.491 e. The minimum absolute atomic E-state index is 0.0644. The molecule has 0 radical (unpaired) electrons. The first-order chi connectivity index (χ1) is 12.9. The van der Waals surface area contributed by atoms with Crippen molar-refractivity contribution in [3.63, 3.8) is 0 Å². The van der Waals surface area contributed by atoms with Crippen molar-refractivity contribution in [2.75, 3.05) is 26.0 Å². The molecule has 27 heavy (non-hydrogen) atoms. The number of fused-ring (bicyclic) bond motifs is 1. The summed E-state index contributed by atoms with van der Waals surface area (Å²) < 4.78 is 43.7. The molecule has 0 aliphatic carbocycles. The van der Waals surface area contributed by atoms with E-state index < -0.39 is 9.84 Å². The quantitative estimate of drug-likeness (QED) is 0.869. The molecule has 2 aromatic rings. The van der Waals surface area contributed by atoms with E-state index in [-0.39, 0.29) is 23.4 Å². The Morgan fingerprint density at radius 2 is 2.15 bits per heavy atom. The van der Waals surface area contributed by atoms with E-state index in [9.17, 15) is 12.8 Å². The van der Waals surface area contributed by atoms with E-state index in [1.54, 1.807) is 12.1 Å². The highest BCUT2D eigenvalue weighted by Crippen LogP contribution is 2.43. The fraction of sp³-hybridized carbons (Fsp3) is 0.450. The third-order valence-corrected chi connectivity index (χ3v) is 6.22. The molecule has 1 saturated heterocycles. The Labute approximate surface area is 158 Å². The summed E-state index contributed by atoms with van der Waals surface area (Å²) in [7, 11) is -3.20. The molecule has 2 aliphatic rings. The van der Waals surface area contributed by atoms with Gasteiger partial charge in [-0.15, -0.1) is 0 Å². The van der Waals surface area contributed by atoms with E-state index in [2.05, 4.69) is 10.3 Å². The van der Waals surface area contributed by atoms with Crippen LogP contribution in [0.2, 0.25) is 0 Å². The monoisotopic (exact) mass is 390 g/mol. The zero-order chi connectivity index (χ0) is 19.0. The molecule has 0 saturated carbocycles. The van der Waals surface area contributed by atoms with Gasteiger partial charge in [0.15, 0.2) is 9.84 Å². The second-order valence-electron chi connectivity index (χ2n) is 7.41. The molecular formula is C20H23FN2O3S. The van der Waals surface area contributed by atoms with Crippen LogP contribution in [0.1, 0.15) is 40.6 Å². The number of nitrogens with zero attached hydrogens (tertiary/aromatic N) is 1. The normalized spacial score (nSPS) is 22.3. The van der Waals surface area contributed by atoms with Crippen LogP contribution < -0.4 is 10.1 Å². The molecule has 3 heterocycles. The maximum Gasteiger partial charge on any atom is 0.151 e. The zero-order valence-electron chi connectivity index (χ0n) is 15.2. The Bertz CT molecular complexity index is 962. The van der Waals surface area contributed by atoms with Gasteiger partial charge in [0.1, 0.15) is 11.6 Å². The van der Waals surface area contributed by atoms with Crippen molar-refractivity contribution in [1.29, 1.82) is 0 Å². The van der Waals surface area contributed by atoms with Crippen molar-refractivity contribution in [3.8, 4) is 5.75 Å². The molecule has 1 N–H and O–H groups in total. The molecule has 2 unspecified atom stereocenters. The van der Waals surface area contributed by atoms with E-state index >= 15 is 0 Å². The van der Waals surface area contributed by atoms with Crippen molar-refractivity contribution >= 4 is 9.84 Å². The highest BCUT2D eigenvalue weighted by Gasteiger charge is 2.34. The van der Waals surface area contributed by atoms with Crippen molar-refractivity contribution in [2.24, 2.45) is 0 Å². The van der Waals surface area contributed by atoms with Crippen molar-refractivity contribution in [1.82, 2.24) is 10.3 Å². The number of piperidine rings is 1. The van der Waals surface area contributed by atoms with E-state index in [0.29, 0.717) is 24.3 Å². The Kier molecular flexibility index (Phi) is 4.90. The van der Waals surface area contributed by atoms with Gasteiger partial charge in [0, 0.05) is 42.8 Å². The van der Waals surface area contributed by atoms with Crippen molar-refractivity contribution in [2.45, 2.75) is 30.4 Å². The Morgan fingerprint density at radius 3 is 2.93 bits per heavy atom.